The molecule has 6 heteroatoms. The minimum absolute atomic E-state index is 0.630. The van der Waals surface area contributed by atoms with Crippen LogP contribution in [0.5, 0.6) is 23.0 Å². The van der Waals surface area contributed by atoms with Gasteiger partial charge in [0.15, 0.2) is 0 Å². The number of fused-ring (bicyclic) bond motifs is 4. The summed E-state index contributed by atoms with van der Waals surface area (Å²) >= 11 is 0. The van der Waals surface area contributed by atoms with E-state index in [4.69, 9.17) is 18.6 Å². The number of hydrogen-bond acceptors (Lipinski definition) is 4. The Bertz CT molecular complexity index is 1610. The molecule has 0 aliphatic carbocycles. The molecule has 166 valence electrons. The average Bonchev–Trinajstić information content (AvgIpc) is 3.53. The van der Waals surface area contributed by atoms with E-state index >= 15 is 0 Å². The fraction of sp³-hybridized carbons (Fsp3) is 0. The molecular formula is C30H16B2O4. The zero-order valence-corrected chi connectivity index (χ0v) is 19.0. The van der Waals surface area contributed by atoms with E-state index in [9.17, 15) is 0 Å². The molecule has 0 aromatic heterocycles. The van der Waals surface area contributed by atoms with Gasteiger partial charge in [0, 0.05) is 11.1 Å². The van der Waals surface area contributed by atoms with Crippen LogP contribution in [0.1, 0.15) is 11.1 Å². The molecule has 0 unspecified atom stereocenters. The van der Waals surface area contributed by atoms with Gasteiger partial charge in [-0.2, -0.15) is 0 Å². The highest BCUT2D eigenvalue weighted by Crippen LogP contribution is 2.33. The fourth-order valence-corrected chi connectivity index (χ4v) is 4.46. The second-order valence-electron chi connectivity index (χ2n) is 8.47. The Morgan fingerprint density at radius 2 is 0.861 bits per heavy atom. The molecule has 0 bridgehead atoms. The normalized spacial score (nSPS) is 12.8. The topological polar surface area (TPSA) is 36.9 Å². The molecule has 36 heavy (non-hydrogen) atoms. The molecule has 2 aliphatic heterocycles. The van der Waals surface area contributed by atoms with Gasteiger partial charge in [-0.15, -0.1) is 0 Å². The Labute approximate surface area is 209 Å². The predicted octanol–water partition coefficient (Wildman–Crippen LogP) is 5.69. The minimum atomic E-state index is -0.630. The van der Waals surface area contributed by atoms with Crippen molar-refractivity contribution in [3.8, 4) is 46.5 Å². The second kappa shape index (κ2) is 8.38. The molecule has 0 amide bonds. The Hall–Kier alpha value is -4.93. The lowest BCUT2D eigenvalue weighted by molar-refractivity contribution is 0.520. The van der Waals surface area contributed by atoms with E-state index in [1.807, 2.05) is 72.8 Å². The summed E-state index contributed by atoms with van der Waals surface area (Å²) in [7, 11) is -1.26. The molecule has 2 aliphatic rings. The maximum Gasteiger partial charge on any atom is 0.690 e. The van der Waals surface area contributed by atoms with Gasteiger partial charge in [0.05, 0.1) is 0 Å². The summed E-state index contributed by atoms with van der Waals surface area (Å²) in [5.74, 6) is 15.6. The first-order valence-electron chi connectivity index (χ1n) is 11.6. The summed E-state index contributed by atoms with van der Waals surface area (Å²) in [6.45, 7) is 0. The second-order valence-corrected chi connectivity index (χ2v) is 8.47. The standard InChI is InChI=1S/C30H16B2O4/c1-2-12-28-27(11-1)33-31(34-28)17-15-21-7-5-9-23-19-24-10-6-8-22(26(24)20-25(21)23)16-18-32-35-29-13-3-4-14-30(29)36-32/h1-14,19-20H. The first kappa shape index (κ1) is 20.4. The highest BCUT2D eigenvalue weighted by atomic mass is 16.6. The molecular weight excluding hydrogens is 446 g/mol. The van der Waals surface area contributed by atoms with Crippen molar-refractivity contribution in [2.24, 2.45) is 0 Å². The monoisotopic (exact) mass is 462 g/mol. The lowest BCUT2D eigenvalue weighted by atomic mass is 9.90. The molecule has 0 fully saturated rings. The quantitative estimate of drug-likeness (QED) is 0.168. The summed E-state index contributed by atoms with van der Waals surface area (Å²) < 4.78 is 23.2. The highest BCUT2D eigenvalue weighted by molar-refractivity contribution is 6.57. The lowest BCUT2D eigenvalue weighted by Crippen LogP contribution is -2.22. The lowest BCUT2D eigenvalue weighted by Gasteiger charge is -2.06. The molecule has 0 atom stereocenters. The zero-order valence-electron chi connectivity index (χ0n) is 19.0. The van der Waals surface area contributed by atoms with E-state index in [0.717, 1.165) is 32.7 Å². The van der Waals surface area contributed by atoms with Crippen LogP contribution in [0.15, 0.2) is 97.1 Å². The number of hydrogen-bond donors (Lipinski definition) is 0. The molecule has 0 N–H and O–H groups in total. The third-order valence-corrected chi connectivity index (χ3v) is 6.16. The van der Waals surface area contributed by atoms with E-state index in [2.05, 4.69) is 47.7 Å². The number of para-hydroxylation sites is 4. The van der Waals surface area contributed by atoms with Gasteiger partial charge in [-0.25, -0.2) is 0 Å². The third-order valence-electron chi connectivity index (χ3n) is 6.16. The Kier molecular flexibility index (Phi) is 4.76. The average molecular weight is 462 g/mol. The van der Waals surface area contributed by atoms with Crippen molar-refractivity contribution in [1.29, 1.82) is 0 Å². The van der Waals surface area contributed by atoms with Crippen molar-refractivity contribution in [2.75, 3.05) is 0 Å². The molecule has 2 heterocycles. The van der Waals surface area contributed by atoms with Gasteiger partial charge < -0.3 is 18.6 Å². The van der Waals surface area contributed by atoms with E-state index in [1.54, 1.807) is 0 Å². The third kappa shape index (κ3) is 3.66. The van der Waals surface area contributed by atoms with E-state index in [1.165, 1.54) is 0 Å². The van der Waals surface area contributed by atoms with Crippen molar-refractivity contribution in [1.82, 2.24) is 0 Å². The summed E-state index contributed by atoms with van der Waals surface area (Å²) in [5.41, 5.74) is 1.80. The molecule has 5 aromatic carbocycles. The van der Waals surface area contributed by atoms with Crippen LogP contribution in [-0.4, -0.2) is 14.2 Å². The van der Waals surface area contributed by atoms with Crippen LogP contribution in [0.25, 0.3) is 21.5 Å². The largest absolute Gasteiger partial charge is 0.690 e. The van der Waals surface area contributed by atoms with Crippen LogP contribution in [0.3, 0.4) is 0 Å². The van der Waals surface area contributed by atoms with Gasteiger partial charge in [0.2, 0.25) is 0 Å². The van der Waals surface area contributed by atoms with Gasteiger partial charge in [0.1, 0.15) is 23.0 Å². The van der Waals surface area contributed by atoms with Gasteiger partial charge in [-0.05, 0) is 81.7 Å². The Morgan fingerprint density at radius 3 is 1.28 bits per heavy atom. The zero-order chi connectivity index (χ0) is 23.9. The van der Waals surface area contributed by atoms with Crippen LogP contribution in [0.4, 0.5) is 0 Å². The van der Waals surface area contributed by atoms with E-state index < -0.39 is 14.2 Å². The van der Waals surface area contributed by atoms with Crippen LogP contribution >= 0.6 is 0 Å². The minimum Gasteiger partial charge on any atom is -0.512 e. The van der Waals surface area contributed by atoms with E-state index in [0.29, 0.717) is 23.0 Å². The summed E-state index contributed by atoms with van der Waals surface area (Å²) in [6, 6.07) is 31.7. The maximum absolute atomic E-state index is 5.80. The summed E-state index contributed by atoms with van der Waals surface area (Å²) in [4.78, 5) is 0. The van der Waals surface area contributed by atoms with E-state index in [-0.39, 0.29) is 0 Å². The van der Waals surface area contributed by atoms with Crippen molar-refractivity contribution >= 4 is 35.8 Å². The Balaban J connectivity index is 1.23. The smallest absolute Gasteiger partial charge is 0.512 e. The van der Waals surface area contributed by atoms with Crippen molar-refractivity contribution < 1.29 is 18.6 Å². The SMILES string of the molecule is C(#Cc1cccc2cc3cccc(C#CB4Oc5ccccc5O4)c3cc12)B1Oc2ccccc2O1. The molecule has 7 rings (SSSR count). The molecule has 0 saturated heterocycles. The number of rotatable bonds is 0. The Morgan fingerprint density at radius 1 is 0.444 bits per heavy atom. The number of benzene rings is 5. The van der Waals surface area contributed by atoms with Crippen LogP contribution in [0, 0.1) is 23.5 Å². The first-order chi connectivity index (χ1) is 17.8. The van der Waals surface area contributed by atoms with Crippen LogP contribution in [-0.2, 0) is 0 Å². The molecule has 4 nitrogen and oxygen atoms in total. The van der Waals surface area contributed by atoms with Crippen molar-refractivity contribution in [3.63, 3.8) is 0 Å². The van der Waals surface area contributed by atoms with Gasteiger partial charge in [-0.1, -0.05) is 60.4 Å². The summed E-state index contributed by atoms with van der Waals surface area (Å²) in [6.07, 6.45) is 0. The van der Waals surface area contributed by atoms with Crippen molar-refractivity contribution in [2.45, 2.75) is 0 Å². The molecule has 5 aromatic rings. The van der Waals surface area contributed by atoms with Gasteiger partial charge in [0.25, 0.3) is 0 Å². The van der Waals surface area contributed by atoms with Crippen LogP contribution in [0.2, 0.25) is 0 Å². The van der Waals surface area contributed by atoms with Crippen molar-refractivity contribution in [3.05, 3.63) is 108 Å². The predicted molar refractivity (Wildman–Crippen MR) is 142 cm³/mol. The first-order valence-corrected chi connectivity index (χ1v) is 11.6. The van der Waals surface area contributed by atoms with Crippen LogP contribution < -0.4 is 18.6 Å². The fourth-order valence-electron chi connectivity index (χ4n) is 4.46. The summed E-state index contributed by atoms with van der Waals surface area (Å²) in [5, 5.41) is 4.30. The highest BCUT2D eigenvalue weighted by Gasteiger charge is 2.31. The molecule has 0 saturated carbocycles. The maximum atomic E-state index is 5.80. The van der Waals surface area contributed by atoms with Gasteiger partial charge in [-0.3, -0.25) is 0 Å². The molecule has 0 radical (unpaired) electrons. The molecule has 0 spiro atoms. The van der Waals surface area contributed by atoms with Gasteiger partial charge >= 0.3 is 14.2 Å².